The molecular formula is C19H15N5O3. The molecule has 1 N–H and O–H groups in total. The fourth-order valence-corrected chi connectivity index (χ4v) is 2.80. The number of hydrogen-bond acceptors (Lipinski definition) is 6. The van der Waals surface area contributed by atoms with Crippen LogP contribution in [0.5, 0.6) is 5.75 Å². The highest BCUT2D eigenvalue weighted by Gasteiger charge is 2.18. The molecule has 2 heterocycles. The van der Waals surface area contributed by atoms with Crippen molar-refractivity contribution >= 4 is 22.7 Å². The number of hydrogen-bond donors (Lipinski definition) is 1. The predicted octanol–water partition coefficient (Wildman–Crippen LogP) is 2.21. The molecule has 0 bridgehead atoms. The first-order chi connectivity index (χ1) is 13.0. The number of aromatic hydroxyl groups is 1. The number of aryl methyl sites for hydroxylation is 1. The van der Waals surface area contributed by atoms with E-state index in [1.165, 1.54) is 23.1 Å². The lowest BCUT2D eigenvalue weighted by atomic mass is 10.0. The van der Waals surface area contributed by atoms with Crippen LogP contribution in [0.15, 0.2) is 54.9 Å². The summed E-state index contributed by atoms with van der Waals surface area (Å²) in [6, 6.07) is 12.1. The van der Waals surface area contributed by atoms with Crippen LogP contribution in [0.1, 0.15) is 26.3 Å². The predicted molar refractivity (Wildman–Crippen MR) is 96.7 cm³/mol. The number of benzene rings is 2. The van der Waals surface area contributed by atoms with Gasteiger partial charge in [0.25, 0.3) is 5.91 Å². The zero-order valence-electron chi connectivity index (χ0n) is 14.4. The summed E-state index contributed by atoms with van der Waals surface area (Å²) in [5.74, 6) is -0.876. The van der Waals surface area contributed by atoms with Crippen LogP contribution in [0.3, 0.4) is 0 Å². The van der Waals surface area contributed by atoms with Crippen molar-refractivity contribution in [3.05, 3.63) is 71.5 Å². The molecular weight excluding hydrogens is 346 g/mol. The zero-order valence-corrected chi connectivity index (χ0v) is 14.4. The van der Waals surface area contributed by atoms with Gasteiger partial charge in [-0.1, -0.05) is 29.0 Å². The minimum Gasteiger partial charge on any atom is -0.507 e. The second-order valence-corrected chi connectivity index (χ2v) is 6.15. The van der Waals surface area contributed by atoms with E-state index in [4.69, 9.17) is 0 Å². The molecule has 0 fully saturated rings. The molecule has 2 aromatic heterocycles. The van der Waals surface area contributed by atoms with E-state index in [1.54, 1.807) is 12.1 Å². The maximum absolute atomic E-state index is 12.6. The number of carbonyl (C=O) groups is 2. The standard InChI is InChI=1S/C19H15N5O3/c1-12-6-7-17(25)14(8-12)19(27)13-9-20-24(10-13)18(26)11-23-16-5-3-2-4-15(16)21-22-23/h2-10,25H,11H2,1H3. The molecule has 8 heteroatoms. The number of ketones is 1. The molecule has 0 saturated carbocycles. The minimum atomic E-state index is -0.401. The second kappa shape index (κ2) is 6.49. The number of nitrogens with zero attached hydrogens (tertiary/aromatic N) is 5. The number of fused-ring (bicyclic) bond motifs is 1. The van der Waals surface area contributed by atoms with E-state index in [0.717, 1.165) is 15.8 Å². The van der Waals surface area contributed by atoms with Gasteiger partial charge in [-0.15, -0.1) is 5.10 Å². The Morgan fingerprint density at radius 2 is 1.96 bits per heavy atom. The van der Waals surface area contributed by atoms with Crippen molar-refractivity contribution in [2.75, 3.05) is 0 Å². The SMILES string of the molecule is Cc1ccc(O)c(C(=O)c2cnn(C(=O)Cn3nnc4ccccc43)c2)c1. The van der Waals surface area contributed by atoms with Gasteiger partial charge < -0.3 is 5.11 Å². The Kier molecular flexibility index (Phi) is 4.00. The molecule has 27 heavy (non-hydrogen) atoms. The normalized spacial score (nSPS) is 11.0. The Balaban J connectivity index is 1.57. The third-order valence-corrected chi connectivity index (χ3v) is 4.20. The van der Waals surface area contributed by atoms with Crippen LogP contribution in [0.4, 0.5) is 0 Å². The van der Waals surface area contributed by atoms with E-state index in [9.17, 15) is 14.7 Å². The number of phenols is 1. The summed E-state index contributed by atoms with van der Waals surface area (Å²) in [6.45, 7) is 1.76. The van der Waals surface area contributed by atoms with Crippen molar-refractivity contribution in [1.29, 1.82) is 0 Å². The van der Waals surface area contributed by atoms with E-state index in [2.05, 4.69) is 15.4 Å². The number of carbonyl (C=O) groups excluding carboxylic acids is 2. The van der Waals surface area contributed by atoms with E-state index in [0.29, 0.717) is 5.52 Å². The number of rotatable bonds is 4. The molecule has 8 nitrogen and oxygen atoms in total. The highest BCUT2D eigenvalue weighted by molar-refractivity contribution is 6.10. The molecule has 0 aliphatic heterocycles. The quantitative estimate of drug-likeness (QED) is 0.559. The van der Waals surface area contributed by atoms with E-state index in [-0.39, 0.29) is 29.3 Å². The van der Waals surface area contributed by atoms with Crippen LogP contribution in [0, 0.1) is 6.92 Å². The van der Waals surface area contributed by atoms with Crippen LogP contribution >= 0.6 is 0 Å². The lowest BCUT2D eigenvalue weighted by molar-refractivity contribution is 0.0871. The summed E-state index contributed by atoms with van der Waals surface area (Å²) in [7, 11) is 0. The maximum Gasteiger partial charge on any atom is 0.268 e. The van der Waals surface area contributed by atoms with Crippen LogP contribution in [-0.4, -0.2) is 41.6 Å². The van der Waals surface area contributed by atoms with Crippen LogP contribution in [-0.2, 0) is 6.54 Å². The summed E-state index contributed by atoms with van der Waals surface area (Å²) in [6.07, 6.45) is 2.66. The Morgan fingerprint density at radius 1 is 1.15 bits per heavy atom. The highest BCUT2D eigenvalue weighted by atomic mass is 16.3. The van der Waals surface area contributed by atoms with Gasteiger partial charge in [-0.3, -0.25) is 9.59 Å². The Labute approximate surface area is 153 Å². The van der Waals surface area contributed by atoms with Crippen molar-refractivity contribution in [1.82, 2.24) is 24.8 Å². The monoisotopic (exact) mass is 361 g/mol. The molecule has 2 aromatic carbocycles. The Morgan fingerprint density at radius 3 is 2.81 bits per heavy atom. The summed E-state index contributed by atoms with van der Waals surface area (Å²) in [4.78, 5) is 25.1. The summed E-state index contributed by atoms with van der Waals surface area (Å²) >= 11 is 0. The van der Waals surface area contributed by atoms with Crippen LogP contribution < -0.4 is 0 Å². The van der Waals surface area contributed by atoms with Gasteiger partial charge in [-0.2, -0.15) is 5.10 Å². The van der Waals surface area contributed by atoms with Crippen molar-refractivity contribution in [2.45, 2.75) is 13.5 Å². The van der Waals surface area contributed by atoms with Gasteiger partial charge in [0.05, 0.1) is 22.8 Å². The van der Waals surface area contributed by atoms with Gasteiger partial charge in [0.15, 0.2) is 5.78 Å². The minimum absolute atomic E-state index is 0.0640. The van der Waals surface area contributed by atoms with Gasteiger partial charge in [-0.25, -0.2) is 9.36 Å². The largest absolute Gasteiger partial charge is 0.507 e. The third-order valence-electron chi connectivity index (χ3n) is 4.20. The molecule has 4 aromatic rings. The molecule has 0 aliphatic rings. The summed E-state index contributed by atoms with van der Waals surface area (Å²) in [5, 5.41) is 21.9. The fourth-order valence-electron chi connectivity index (χ4n) is 2.80. The Bertz CT molecular complexity index is 1180. The number of aromatic nitrogens is 5. The van der Waals surface area contributed by atoms with E-state index < -0.39 is 5.78 Å². The lowest BCUT2D eigenvalue weighted by Gasteiger charge is -2.03. The first-order valence-electron chi connectivity index (χ1n) is 8.23. The van der Waals surface area contributed by atoms with Gasteiger partial charge in [-0.05, 0) is 31.2 Å². The van der Waals surface area contributed by atoms with Crippen molar-refractivity contribution in [2.24, 2.45) is 0 Å². The molecule has 0 aliphatic carbocycles. The molecule has 0 saturated heterocycles. The number of phenolic OH excluding ortho intramolecular Hbond substituents is 1. The average molecular weight is 361 g/mol. The topological polar surface area (TPSA) is 103 Å². The fraction of sp³-hybridized carbons (Fsp3) is 0.105. The van der Waals surface area contributed by atoms with Crippen LogP contribution in [0.2, 0.25) is 0 Å². The Hall–Kier alpha value is -3.81. The summed E-state index contributed by atoms with van der Waals surface area (Å²) < 4.78 is 2.57. The lowest BCUT2D eigenvalue weighted by Crippen LogP contribution is -2.19. The maximum atomic E-state index is 12.6. The van der Waals surface area contributed by atoms with Crippen molar-refractivity contribution in [3.8, 4) is 5.75 Å². The average Bonchev–Trinajstić information content (AvgIpc) is 3.31. The van der Waals surface area contributed by atoms with Gasteiger partial charge in [0.1, 0.15) is 17.8 Å². The first-order valence-corrected chi connectivity index (χ1v) is 8.23. The molecule has 134 valence electrons. The van der Waals surface area contributed by atoms with Gasteiger partial charge >= 0.3 is 0 Å². The highest BCUT2D eigenvalue weighted by Crippen LogP contribution is 2.21. The molecule has 0 unspecified atom stereocenters. The molecule has 0 atom stereocenters. The van der Waals surface area contributed by atoms with Crippen molar-refractivity contribution in [3.63, 3.8) is 0 Å². The first kappa shape index (κ1) is 16.6. The molecule has 0 radical (unpaired) electrons. The van der Waals surface area contributed by atoms with Crippen LogP contribution in [0.25, 0.3) is 11.0 Å². The smallest absolute Gasteiger partial charge is 0.268 e. The summed E-state index contributed by atoms with van der Waals surface area (Å²) in [5.41, 5.74) is 2.66. The van der Waals surface area contributed by atoms with E-state index in [1.807, 2.05) is 31.2 Å². The van der Waals surface area contributed by atoms with Gasteiger partial charge in [0, 0.05) is 6.20 Å². The van der Waals surface area contributed by atoms with Gasteiger partial charge in [0.2, 0.25) is 0 Å². The molecule has 0 amide bonds. The van der Waals surface area contributed by atoms with E-state index >= 15 is 0 Å². The van der Waals surface area contributed by atoms with Crippen molar-refractivity contribution < 1.29 is 14.7 Å². The number of para-hydroxylation sites is 1. The second-order valence-electron chi connectivity index (χ2n) is 6.15. The third kappa shape index (κ3) is 3.08. The molecule has 0 spiro atoms. The zero-order chi connectivity index (χ0) is 19.0. The molecule has 4 rings (SSSR count).